The predicted molar refractivity (Wildman–Crippen MR) is 79.9 cm³/mol. The maximum absolute atomic E-state index is 11.2. The van der Waals surface area contributed by atoms with Crippen LogP contribution in [0.3, 0.4) is 0 Å². The van der Waals surface area contributed by atoms with Gasteiger partial charge in [-0.3, -0.25) is 4.79 Å². The molecule has 0 heterocycles. The molecule has 0 unspecified atom stereocenters. The molecule has 0 fully saturated rings. The van der Waals surface area contributed by atoms with Crippen molar-refractivity contribution >= 4 is 5.91 Å². The third kappa shape index (κ3) is 12.2. The number of hydrogen-bond acceptors (Lipinski definition) is 3. The number of aliphatic hydroxyl groups is 1. The molecule has 0 aliphatic rings. The molecule has 0 aliphatic heterocycles. The minimum atomic E-state index is -0.775. The van der Waals surface area contributed by atoms with Gasteiger partial charge in [-0.2, -0.15) is 0 Å². The molecule has 114 valence electrons. The first-order chi connectivity index (χ1) is 9.22. The van der Waals surface area contributed by atoms with Crippen LogP contribution in [0.2, 0.25) is 0 Å². The number of rotatable bonds is 13. The van der Waals surface area contributed by atoms with Gasteiger partial charge >= 0.3 is 0 Å². The van der Waals surface area contributed by atoms with Gasteiger partial charge in [0.05, 0.1) is 6.61 Å². The van der Waals surface area contributed by atoms with Gasteiger partial charge in [0.1, 0.15) is 6.04 Å². The van der Waals surface area contributed by atoms with Gasteiger partial charge in [0.25, 0.3) is 0 Å². The fraction of sp³-hybridized carbons (Fsp3) is 0.933. The number of nitrogens with two attached hydrogens (primary N) is 1. The molecule has 4 nitrogen and oxygen atoms in total. The molecule has 1 atom stereocenters. The normalized spacial score (nSPS) is 12.4. The van der Waals surface area contributed by atoms with Crippen molar-refractivity contribution < 1.29 is 9.90 Å². The topological polar surface area (TPSA) is 75.4 Å². The highest BCUT2D eigenvalue weighted by atomic mass is 16.3. The maximum atomic E-state index is 11.2. The number of nitrogens with one attached hydrogen (secondary N) is 1. The van der Waals surface area contributed by atoms with Crippen LogP contribution in [0.4, 0.5) is 0 Å². The molecule has 0 aromatic carbocycles. The van der Waals surface area contributed by atoms with E-state index in [0.29, 0.717) is 6.54 Å². The first kappa shape index (κ1) is 18.4. The van der Waals surface area contributed by atoms with Crippen molar-refractivity contribution in [2.24, 2.45) is 5.73 Å². The number of carbonyl (C=O) groups is 1. The monoisotopic (exact) mass is 272 g/mol. The second-order valence-corrected chi connectivity index (χ2v) is 5.26. The lowest BCUT2D eigenvalue weighted by Gasteiger charge is -2.09. The molecule has 0 saturated carbocycles. The van der Waals surface area contributed by atoms with Crippen molar-refractivity contribution in [1.29, 1.82) is 0 Å². The average Bonchev–Trinajstić information content (AvgIpc) is 2.43. The number of unbranched alkanes of at least 4 members (excludes halogenated alkanes) is 9. The summed E-state index contributed by atoms with van der Waals surface area (Å²) in [6.07, 6.45) is 12.8. The Hall–Kier alpha value is -0.610. The molecule has 0 rings (SSSR count). The van der Waals surface area contributed by atoms with Crippen molar-refractivity contribution in [2.45, 2.75) is 77.2 Å². The minimum absolute atomic E-state index is 0.251. The zero-order valence-electron chi connectivity index (χ0n) is 12.5. The quantitative estimate of drug-likeness (QED) is 0.450. The van der Waals surface area contributed by atoms with Crippen molar-refractivity contribution in [3.63, 3.8) is 0 Å². The van der Waals surface area contributed by atoms with Crippen LogP contribution in [0.25, 0.3) is 0 Å². The number of hydrogen-bond donors (Lipinski definition) is 3. The average molecular weight is 272 g/mol. The van der Waals surface area contributed by atoms with Crippen molar-refractivity contribution in [3.8, 4) is 0 Å². The molecule has 0 saturated heterocycles. The summed E-state index contributed by atoms with van der Waals surface area (Å²) in [6.45, 7) is 2.62. The lowest BCUT2D eigenvalue weighted by molar-refractivity contribution is -0.123. The fourth-order valence-corrected chi connectivity index (χ4v) is 2.04. The standard InChI is InChI=1S/C15H32N2O2/c1-2-3-4-5-6-7-8-9-10-11-12-17-15(19)14(16)13-18/h14,18H,2-13,16H2,1H3,(H,17,19)/t14-/m1/s1. The highest BCUT2D eigenvalue weighted by molar-refractivity contribution is 5.81. The molecule has 0 spiro atoms. The van der Waals surface area contributed by atoms with Crippen LogP contribution < -0.4 is 11.1 Å². The van der Waals surface area contributed by atoms with Gasteiger partial charge in [0.2, 0.25) is 5.91 Å². The number of carbonyl (C=O) groups excluding carboxylic acids is 1. The molecule has 4 N–H and O–H groups in total. The Labute approximate surface area is 118 Å². The minimum Gasteiger partial charge on any atom is -0.394 e. The van der Waals surface area contributed by atoms with E-state index >= 15 is 0 Å². The Morgan fingerprint density at radius 2 is 1.47 bits per heavy atom. The van der Waals surface area contributed by atoms with E-state index in [9.17, 15) is 4.79 Å². The second kappa shape index (κ2) is 13.8. The van der Waals surface area contributed by atoms with Crippen LogP contribution in [0.15, 0.2) is 0 Å². The van der Waals surface area contributed by atoms with Gasteiger partial charge in [0, 0.05) is 6.54 Å². The number of aliphatic hydroxyl groups excluding tert-OH is 1. The maximum Gasteiger partial charge on any atom is 0.239 e. The van der Waals surface area contributed by atoms with E-state index in [1.54, 1.807) is 0 Å². The summed E-state index contributed by atoms with van der Waals surface area (Å²) in [5, 5.41) is 11.4. The van der Waals surface area contributed by atoms with E-state index in [-0.39, 0.29) is 12.5 Å². The predicted octanol–water partition coefficient (Wildman–Crippen LogP) is 2.34. The summed E-state index contributed by atoms with van der Waals surface area (Å²) in [5.74, 6) is -0.251. The molecule has 1 amide bonds. The number of amides is 1. The summed E-state index contributed by atoms with van der Waals surface area (Å²) in [7, 11) is 0. The largest absolute Gasteiger partial charge is 0.394 e. The lowest BCUT2D eigenvalue weighted by atomic mass is 10.1. The lowest BCUT2D eigenvalue weighted by Crippen LogP contribution is -2.43. The molecule has 4 heteroatoms. The first-order valence-electron chi connectivity index (χ1n) is 7.86. The SMILES string of the molecule is CCCCCCCCCCCCNC(=O)[C@H](N)CO. The van der Waals surface area contributed by atoms with Crippen LogP contribution in [-0.2, 0) is 4.79 Å². The first-order valence-corrected chi connectivity index (χ1v) is 7.86. The zero-order chi connectivity index (χ0) is 14.3. The molecule has 0 aromatic heterocycles. The molecule has 0 radical (unpaired) electrons. The van der Waals surface area contributed by atoms with Crippen LogP contribution in [-0.4, -0.2) is 30.2 Å². The van der Waals surface area contributed by atoms with Gasteiger partial charge in [-0.15, -0.1) is 0 Å². The highest BCUT2D eigenvalue weighted by Gasteiger charge is 2.09. The Bertz CT molecular complexity index is 210. The van der Waals surface area contributed by atoms with Crippen molar-refractivity contribution in [1.82, 2.24) is 5.32 Å². The van der Waals surface area contributed by atoms with Crippen LogP contribution in [0.1, 0.15) is 71.1 Å². The summed E-state index contributed by atoms with van der Waals surface area (Å²) < 4.78 is 0. The summed E-state index contributed by atoms with van der Waals surface area (Å²) in [6, 6.07) is -0.775. The van der Waals surface area contributed by atoms with E-state index in [4.69, 9.17) is 10.8 Å². The van der Waals surface area contributed by atoms with E-state index in [0.717, 1.165) is 12.8 Å². The summed E-state index contributed by atoms with van der Waals surface area (Å²) in [4.78, 5) is 11.2. The van der Waals surface area contributed by atoms with Gasteiger partial charge in [-0.05, 0) is 6.42 Å². The Balaban J connectivity index is 3.13. The Morgan fingerprint density at radius 3 is 1.95 bits per heavy atom. The van der Waals surface area contributed by atoms with Gasteiger partial charge < -0.3 is 16.2 Å². The third-order valence-electron chi connectivity index (χ3n) is 3.36. The van der Waals surface area contributed by atoms with E-state index < -0.39 is 6.04 Å². The van der Waals surface area contributed by atoms with Crippen LogP contribution >= 0.6 is 0 Å². The summed E-state index contributed by atoms with van der Waals surface area (Å²) >= 11 is 0. The van der Waals surface area contributed by atoms with E-state index in [1.165, 1.54) is 51.4 Å². The van der Waals surface area contributed by atoms with E-state index in [1.807, 2.05) is 0 Å². The molecular formula is C15H32N2O2. The van der Waals surface area contributed by atoms with Crippen molar-refractivity contribution in [3.05, 3.63) is 0 Å². The van der Waals surface area contributed by atoms with Gasteiger partial charge in [0.15, 0.2) is 0 Å². The highest BCUT2D eigenvalue weighted by Crippen LogP contribution is 2.10. The molecule has 0 aliphatic carbocycles. The van der Waals surface area contributed by atoms with Gasteiger partial charge in [-0.25, -0.2) is 0 Å². The molecular weight excluding hydrogens is 240 g/mol. The summed E-state index contributed by atoms with van der Waals surface area (Å²) in [5.41, 5.74) is 5.38. The third-order valence-corrected chi connectivity index (χ3v) is 3.36. The van der Waals surface area contributed by atoms with Crippen LogP contribution in [0.5, 0.6) is 0 Å². The molecule has 0 aromatic rings. The Kier molecular flexibility index (Phi) is 13.4. The van der Waals surface area contributed by atoms with Crippen LogP contribution in [0, 0.1) is 0 Å². The smallest absolute Gasteiger partial charge is 0.239 e. The fourth-order valence-electron chi connectivity index (χ4n) is 2.04. The molecule has 19 heavy (non-hydrogen) atoms. The molecule has 0 bridgehead atoms. The Morgan fingerprint density at radius 1 is 1.00 bits per heavy atom. The van der Waals surface area contributed by atoms with Crippen molar-refractivity contribution in [2.75, 3.05) is 13.2 Å². The van der Waals surface area contributed by atoms with E-state index in [2.05, 4.69) is 12.2 Å². The second-order valence-electron chi connectivity index (χ2n) is 5.26. The zero-order valence-corrected chi connectivity index (χ0v) is 12.5. The van der Waals surface area contributed by atoms with Gasteiger partial charge in [-0.1, -0.05) is 64.7 Å².